The monoisotopic (exact) mass is 509 g/mol. The number of hydrogen-bond acceptors (Lipinski definition) is 7. The number of ether oxygens (including phenoxy) is 3. The summed E-state index contributed by atoms with van der Waals surface area (Å²) < 4.78 is 17.5. The predicted molar refractivity (Wildman–Crippen MR) is 138 cm³/mol. The topological polar surface area (TPSA) is 101 Å². The second kappa shape index (κ2) is 10.6. The van der Waals surface area contributed by atoms with Gasteiger partial charge in [-0.15, -0.1) is 0 Å². The normalized spacial score (nSPS) is 21.6. The summed E-state index contributed by atoms with van der Waals surface area (Å²) in [5.74, 6) is 1.63. The van der Waals surface area contributed by atoms with Crippen LogP contribution in [-0.2, 0) is 11.3 Å². The number of rotatable bonds is 8. The molecule has 0 spiro atoms. The molecule has 0 bridgehead atoms. The molecule has 1 saturated carbocycles. The average Bonchev–Trinajstić information content (AvgIpc) is 3.64. The molecule has 5 rings (SSSR count). The van der Waals surface area contributed by atoms with Crippen molar-refractivity contribution in [2.24, 2.45) is 11.8 Å². The molecular formula is C28H35N3O6. The quantitative estimate of drug-likeness (QED) is 0.564. The van der Waals surface area contributed by atoms with Crippen LogP contribution >= 0.6 is 0 Å². The van der Waals surface area contributed by atoms with Crippen molar-refractivity contribution in [3.05, 3.63) is 47.5 Å². The predicted octanol–water partition coefficient (Wildman–Crippen LogP) is 3.12. The highest BCUT2D eigenvalue weighted by molar-refractivity contribution is 6.02. The first kappa shape index (κ1) is 25.4. The molecular weight excluding hydrogens is 474 g/mol. The standard InChI is InChI=1S/C28H35N3O6/c1-17-12-31(18(2)15-32)28(34)21-5-4-6-22(29-27(33)20-8-9-20)26(21)37-25(17)14-30(3)13-19-7-10-23-24(11-19)36-16-35-23/h4-7,10-11,17-18,20,25,32H,8-9,12-16H2,1-3H3,(H,29,33)/t17-,18-,25-/m1/s1. The molecule has 9 nitrogen and oxygen atoms in total. The Morgan fingerprint density at radius 2 is 2.00 bits per heavy atom. The molecule has 0 radical (unpaired) electrons. The Morgan fingerprint density at radius 1 is 1.22 bits per heavy atom. The third-order valence-corrected chi connectivity index (χ3v) is 7.28. The largest absolute Gasteiger partial charge is 0.486 e. The average molecular weight is 510 g/mol. The first-order valence-electron chi connectivity index (χ1n) is 12.9. The van der Waals surface area contributed by atoms with E-state index >= 15 is 0 Å². The van der Waals surface area contributed by atoms with Crippen molar-refractivity contribution in [1.82, 2.24) is 9.80 Å². The van der Waals surface area contributed by atoms with E-state index in [0.717, 1.165) is 29.9 Å². The van der Waals surface area contributed by atoms with Gasteiger partial charge in [-0.3, -0.25) is 14.5 Å². The summed E-state index contributed by atoms with van der Waals surface area (Å²) >= 11 is 0. The number of nitrogens with one attached hydrogen (secondary N) is 1. The minimum atomic E-state index is -0.349. The summed E-state index contributed by atoms with van der Waals surface area (Å²) in [6, 6.07) is 10.9. The lowest BCUT2D eigenvalue weighted by Gasteiger charge is -2.38. The van der Waals surface area contributed by atoms with Crippen LogP contribution in [0.2, 0.25) is 0 Å². The van der Waals surface area contributed by atoms with E-state index in [-0.39, 0.29) is 49.2 Å². The van der Waals surface area contributed by atoms with E-state index < -0.39 is 0 Å². The Balaban J connectivity index is 1.41. The number of carbonyl (C=O) groups excluding carboxylic acids is 2. The zero-order valence-electron chi connectivity index (χ0n) is 21.6. The van der Waals surface area contributed by atoms with Gasteiger partial charge in [0.15, 0.2) is 17.2 Å². The van der Waals surface area contributed by atoms with Crippen LogP contribution in [-0.4, -0.2) is 72.4 Å². The molecule has 2 N–H and O–H groups in total. The van der Waals surface area contributed by atoms with Gasteiger partial charge in [-0.2, -0.15) is 0 Å². The second-order valence-electron chi connectivity index (χ2n) is 10.5. The summed E-state index contributed by atoms with van der Waals surface area (Å²) in [5, 5.41) is 12.9. The molecule has 2 aromatic carbocycles. The molecule has 9 heteroatoms. The van der Waals surface area contributed by atoms with Gasteiger partial charge in [0.2, 0.25) is 12.7 Å². The Hall–Kier alpha value is -3.30. The molecule has 2 amide bonds. The number of anilines is 1. The van der Waals surface area contributed by atoms with Crippen LogP contribution in [0.5, 0.6) is 17.2 Å². The van der Waals surface area contributed by atoms with Crippen LogP contribution in [0.25, 0.3) is 0 Å². The maximum absolute atomic E-state index is 13.6. The van der Waals surface area contributed by atoms with Crippen molar-refractivity contribution < 1.29 is 28.9 Å². The molecule has 2 aliphatic heterocycles. The highest BCUT2D eigenvalue weighted by Gasteiger charge is 2.36. The number of fused-ring (bicyclic) bond motifs is 2. The van der Waals surface area contributed by atoms with Crippen LogP contribution in [0, 0.1) is 11.8 Å². The number of hydrogen-bond donors (Lipinski definition) is 2. The number of aliphatic hydroxyl groups excluding tert-OH is 1. The second-order valence-corrected chi connectivity index (χ2v) is 10.5. The van der Waals surface area contributed by atoms with Crippen LogP contribution in [0.1, 0.15) is 42.6 Å². The molecule has 2 heterocycles. The lowest BCUT2D eigenvalue weighted by Crippen LogP contribution is -2.49. The highest BCUT2D eigenvalue weighted by Crippen LogP contribution is 2.37. The minimum absolute atomic E-state index is 0.0218. The van der Waals surface area contributed by atoms with Crippen LogP contribution in [0.3, 0.4) is 0 Å². The van der Waals surface area contributed by atoms with E-state index in [2.05, 4.69) is 17.1 Å². The van der Waals surface area contributed by atoms with Crippen molar-refractivity contribution >= 4 is 17.5 Å². The zero-order chi connectivity index (χ0) is 26.1. The first-order chi connectivity index (χ1) is 17.8. The molecule has 2 aromatic rings. The number of nitrogens with zero attached hydrogens (tertiary/aromatic N) is 2. The molecule has 0 unspecified atom stereocenters. The molecule has 198 valence electrons. The van der Waals surface area contributed by atoms with Crippen LogP contribution in [0.4, 0.5) is 5.69 Å². The van der Waals surface area contributed by atoms with Gasteiger partial charge in [0, 0.05) is 31.5 Å². The third-order valence-electron chi connectivity index (χ3n) is 7.28. The Morgan fingerprint density at radius 3 is 2.76 bits per heavy atom. The summed E-state index contributed by atoms with van der Waals surface area (Å²) in [4.78, 5) is 30.1. The van der Waals surface area contributed by atoms with Gasteiger partial charge in [-0.05, 0) is 56.6 Å². The summed E-state index contributed by atoms with van der Waals surface area (Å²) in [6.45, 7) is 5.71. The molecule has 1 aliphatic carbocycles. The number of carbonyl (C=O) groups is 2. The van der Waals surface area contributed by atoms with Gasteiger partial charge in [-0.25, -0.2) is 0 Å². The fraction of sp³-hybridized carbons (Fsp3) is 0.500. The van der Waals surface area contributed by atoms with Crippen molar-refractivity contribution in [1.29, 1.82) is 0 Å². The van der Waals surface area contributed by atoms with Crippen molar-refractivity contribution in [3.63, 3.8) is 0 Å². The maximum atomic E-state index is 13.6. The Labute approximate surface area is 217 Å². The smallest absolute Gasteiger partial charge is 0.258 e. The Bertz CT molecular complexity index is 1170. The maximum Gasteiger partial charge on any atom is 0.258 e. The van der Waals surface area contributed by atoms with Gasteiger partial charge in [0.05, 0.1) is 23.9 Å². The van der Waals surface area contributed by atoms with Gasteiger partial charge in [0.1, 0.15) is 6.10 Å². The summed E-state index contributed by atoms with van der Waals surface area (Å²) in [5.41, 5.74) is 2.00. The lowest BCUT2D eigenvalue weighted by molar-refractivity contribution is -0.117. The molecule has 0 saturated heterocycles. The number of amides is 2. The zero-order valence-corrected chi connectivity index (χ0v) is 21.6. The number of likely N-dealkylation sites (N-methyl/N-ethyl adjacent to an activating group) is 1. The van der Waals surface area contributed by atoms with E-state index in [4.69, 9.17) is 14.2 Å². The Kier molecular flexibility index (Phi) is 7.26. The van der Waals surface area contributed by atoms with Gasteiger partial charge in [-0.1, -0.05) is 19.1 Å². The van der Waals surface area contributed by atoms with Crippen molar-refractivity contribution in [2.45, 2.75) is 45.4 Å². The van der Waals surface area contributed by atoms with Crippen molar-refractivity contribution in [3.8, 4) is 17.2 Å². The lowest BCUT2D eigenvalue weighted by atomic mass is 9.98. The molecule has 1 fully saturated rings. The van der Waals surface area contributed by atoms with Gasteiger partial charge >= 0.3 is 0 Å². The van der Waals surface area contributed by atoms with Gasteiger partial charge < -0.3 is 29.5 Å². The fourth-order valence-corrected chi connectivity index (χ4v) is 4.86. The SMILES string of the molecule is C[C@@H]1CN([C@H](C)CO)C(=O)c2cccc(NC(=O)C3CC3)c2O[C@@H]1CN(C)Cc1ccc2c(c1)OCO2. The van der Waals surface area contributed by atoms with Crippen LogP contribution in [0.15, 0.2) is 36.4 Å². The number of aliphatic hydroxyl groups is 1. The van der Waals surface area contributed by atoms with Gasteiger partial charge in [0.25, 0.3) is 5.91 Å². The number of benzene rings is 2. The minimum Gasteiger partial charge on any atom is -0.486 e. The van der Waals surface area contributed by atoms with E-state index in [1.54, 1.807) is 23.1 Å². The van der Waals surface area contributed by atoms with Crippen molar-refractivity contribution in [2.75, 3.05) is 38.9 Å². The van der Waals surface area contributed by atoms with E-state index in [1.165, 1.54) is 0 Å². The third kappa shape index (κ3) is 5.52. The first-order valence-corrected chi connectivity index (χ1v) is 12.9. The van der Waals surface area contributed by atoms with Crippen LogP contribution < -0.4 is 19.5 Å². The molecule has 3 aliphatic rings. The summed E-state index contributed by atoms with van der Waals surface area (Å²) in [7, 11) is 2.03. The highest BCUT2D eigenvalue weighted by atomic mass is 16.7. The van der Waals surface area contributed by atoms with E-state index in [9.17, 15) is 14.7 Å². The summed E-state index contributed by atoms with van der Waals surface area (Å²) in [6.07, 6.45) is 1.50. The molecule has 37 heavy (non-hydrogen) atoms. The molecule has 0 aromatic heterocycles. The fourth-order valence-electron chi connectivity index (χ4n) is 4.86. The number of para-hydroxylation sites is 1. The molecule has 3 atom stereocenters. The van der Waals surface area contributed by atoms with E-state index in [1.807, 2.05) is 32.2 Å². The van der Waals surface area contributed by atoms with E-state index in [0.29, 0.717) is 36.6 Å².